The molecule has 1 aromatic rings. The zero-order valence-electron chi connectivity index (χ0n) is 17.6. The summed E-state index contributed by atoms with van der Waals surface area (Å²) in [6.45, 7) is 12.3. The van der Waals surface area contributed by atoms with E-state index < -0.39 is 0 Å². The van der Waals surface area contributed by atoms with Gasteiger partial charge in [0.25, 0.3) is 0 Å². The Labute approximate surface area is 169 Å². The third kappa shape index (κ3) is 11.3. The van der Waals surface area contributed by atoms with Crippen molar-refractivity contribution in [3.63, 3.8) is 0 Å². The van der Waals surface area contributed by atoms with Crippen LogP contribution in [0.1, 0.15) is 46.0 Å². The summed E-state index contributed by atoms with van der Waals surface area (Å²) in [5, 5.41) is 11.0. The molecule has 1 atom stereocenters. The van der Waals surface area contributed by atoms with Crippen molar-refractivity contribution in [2.24, 2.45) is 5.92 Å². The summed E-state index contributed by atoms with van der Waals surface area (Å²) in [4.78, 5) is 11.8. The van der Waals surface area contributed by atoms with E-state index in [9.17, 15) is 4.79 Å². The number of ketones is 1. The molecule has 1 N–H and O–H groups in total. The zero-order valence-corrected chi connectivity index (χ0v) is 17.6. The fourth-order valence-corrected chi connectivity index (χ4v) is 2.07. The van der Waals surface area contributed by atoms with Crippen molar-refractivity contribution in [2.75, 3.05) is 58.1 Å². The Morgan fingerprint density at radius 3 is 2.11 bits per heavy atom. The number of nitrogens with zero attached hydrogens (tertiary/aromatic N) is 2. The average molecular weight is 400 g/mol. The van der Waals surface area contributed by atoms with E-state index in [-0.39, 0.29) is 19.2 Å². The first-order chi connectivity index (χ1) is 13.5. The molecule has 1 heterocycles. The van der Waals surface area contributed by atoms with Gasteiger partial charge in [0.1, 0.15) is 11.5 Å². The van der Waals surface area contributed by atoms with E-state index in [1.54, 1.807) is 12.1 Å². The molecule has 0 fully saturated rings. The molecule has 162 valence electrons. The van der Waals surface area contributed by atoms with Gasteiger partial charge in [-0.05, 0) is 25.5 Å². The number of aromatic nitrogens is 2. The van der Waals surface area contributed by atoms with Crippen LogP contribution in [0.2, 0.25) is 0 Å². The number of ether oxygens (including phenoxy) is 4. The average Bonchev–Trinajstić information content (AvgIpc) is 2.71. The van der Waals surface area contributed by atoms with Gasteiger partial charge in [-0.2, -0.15) is 0 Å². The van der Waals surface area contributed by atoms with Crippen LogP contribution in [0.15, 0.2) is 12.1 Å². The lowest BCUT2D eigenvalue weighted by atomic mass is 10.1. The molecule has 28 heavy (non-hydrogen) atoms. The van der Waals surface area contributed by atoms with E-state index >= 15 is 0 Å². The molecule has 0 amide bonds. The van der Waals surface area contributed by atoms with Gasteiger partial charge >= 0.3 is 0 Å². The molecule has 0 bridgehead atoms. The summed E-state index contributed by atoms with van der Waals surface area (Å²) in [5.41, 5.74) is 0.390. The van der Waals surface area contributed by atoms with Gasteiger partial charge in [0.05, 0.1) is 52.4 Å². The van der Waals surface area contributed by atoms with Crippen molar-refractivity contribution in [3.8, 4) is 0 Å². The first-order valence-electron chi connectivity index (χ1n) is 10.0. The highest BCUT2D eigenvalue weighted by atomic mass is 16.6. The standard InChI is InChI=1S/C20H35N3O5.H2/c1-5-17(4)28-15-14-27-13-12-26-11-10-25-9-8-21-19-7-6-18(22-23-19)20(24)16(2)3;/h6-7,16-17H,5,8-15H2,1-4H3,(H,21,23);1H. The second-order valence-corrected chi connectivity index (χ2v) is 6.68. The first kappa shape index (κ1) is 24.4. The van der Waals surface area contributed by atoms with Crippen LogP contribution in [0.25, 0.3) is 0 Å². The number of hydrogen-bond acceptors (Lipinski definition) is 8. The topological polar surface area (TPSA) is 91.8 Å². The molecule has 0 saturated carbocycles. The number of anilines is 1. The van der Waals surface area contributed by atoms with E-state index in [1.807, 2.05) is 13.8 Å². The monoisotopic (exact) mass is 399 g/mol. The van der Waals surface area contributed by atoms with Gasteiger partial charge in [0.2, 0.25) is 0 Å². The van der Waals surface area contributed by atoms with Crippen molar-refractivity contribution < 1.29 is 25.2 Å². The molecule has 1 aromatic heterocycles. The summed E-state index contributed by atoms with van der Waals surface area (Å²) < 4.78 is 21.9. The molecule has 0 spiro atoms. The summed E-state index contributed by atoms with van der Waals surface area (Å²) in [5.74, 6) is 0.528. The van der Waals surface area contributed by atoms with Crippen LogP contribution in [0, 0.1) is 5.92 Å². The van der Waals surface area contributed by atoms with Gasteiger partial charge in [-0.3, -0.25) is 4.79 Å². The van der Waals surface area contributed by atoms with E-state index in [4.69, 9.17) is 18.9 Å². The first-order valence-corrected chi connectivity index (χ1v) is 10.0. The molecule has 0 saturated heterocycles. The molecule has 0 aliphatic rings. The predicted octanol–water partition coefficient (Wildman–Crippen LogP) is 2.84. The smallest absolute Gasteiger partial charge is 0.185 e. The lowest BCUT2D eigenvalue weighted by Crippen LogP contribution is -2.16. The fourth-order valence-electron chi connectivity index (χ4n) is 2.07. The molecule has 1 rings (SSSR count). The number of hydrogen-bond donors (Lipinski definition) is 1. The maximum absolute atomic E-state index is 11.8. The van der Waals surface area contributed by atoms with Crippen LogP contribution in [0.3, 0.4) is 0 Å². The third-order valence-corrected chi connectivity index (χ3v) is 3.94. The number of carbonyl (C=O) groups excluding carboxylic acids is 1. The van der Waals surface area contributed by atoms with E-state index in [0.29, 0.717) is 64.3 Å². The second kappa shape index (κ2) is 15.3. The molecule has 1 unspecified atom stereocenters. The van der Waals surface area contributed by atoms with Crippen LogP contribution in [0.5, 0.6) is 0 Å². The van der Waals surface area contributed by atoms with Crippen LogP contribution in [-0.2, 0) is 18.9 Å². The Morgan fingerprint density at radius 1 is 0.964 bits per heavy atom. The van der Waals surface area contributed by atoms with Gasteiger partial charge in [-0.15, -0.1) is 10.2 Å². The number of carbonyl (C=O) groups is 1. The van der Waals surface area contributed by atoms with Gasteiger partial charge < -0.3 is 24.3 Å². The summed E-state index contributed by atoms with van der Waals surface area (Å²) >= 11 is 0. The molecular weight excluding hydrogens is 362 g/mol. The number of rotatable bonds is 17. The quantitative estimate of drug-likeness (QED) is 0.316. The normalized spacial score (nSPS) is 12.3. The lowest BCUT2D eigenvalue weighted by Gasteiger charge is -2.11. The zero-order chi connectivity index (χ0) is 20.6. The SMILES string of the molecule is CCC(C)OCCOCCOCCOCCNc1ccc(C(=O)C(C)C)nn1.[HH]. The number of nitrogens with one attached hydrogen (secondary N) is 1. The highest BCUT2D eigenvalue weighted by Gasteiger charge is 2.12. The van der Waals surface area contributed by atoms with E-state index in [2.05, 4.69) is 29.4 Å². The van der Waals surface area contributed by atoms with Crippen molar-refractivity contribution >= 4 is 11.6 Å². The third-order valence-electron chi connectivity index (χ3n) is 3.94. The minimum atomic E-state index is -0.0843. The maximum Gasteiger partial charge on any atom is 0.185 e. The van der Waals surface area contributed by atoms with E-state index in [1.165, 1.54) is 0 Å². The maximum atomic E-state index is 11.8. The highest BCUT2D eigenvalue weighted by molar-refractivity contribution is 5.95. The van der Waals surface area contributed by atoms with E-state index in [0.717, 1.165) is 6.42 Å². The molecule has 8 heteroatoms. The summed E-state index contributed by atoms with van der Waals surface area (Å²) in [7, 11) is 0. The molecule has 0 aliphatic heterocycles. The molecule has 8 nitrogen and oxygen atoms in total. The summed E-state index contributed by atoms with van der Waals surface area (Å²) in [6, 6.07) is 3.44. The Balaban J connectivity index is 0.00000784. The minimum absolute atomic E-state index is 0. The highest BCUT2D eigenvalue weighted by Crippen LogP contribution is 2.07. The van der Waals surface area contributed by atoms with Gasteiger partial charge in [-0.25, -0.2) is 0 Å². The van der Waals surface area contributed by atoms with Crippen molar-refractivity contribution in [2.45, 2.75) is 40.2 Å². The second-order valence-electron chi connectivity index (χ2n) is 6.68. The Bertz CT molecular complexity index is 531. The van der Waals surface area contributed by atoms with Gasteiger partial charge in [0.15, 0.2) is 5.78 Å². The Morgan fingerprint density at radius 2 is 1.57 bits per heavy atom. The van der Waals surface area contributed by atoms with Crippen LogP contribution in [-0.4, -0.2) is 74.9 Å². The number of Topliss-reactive ketones (excluding diaryl/α,β-unsaturated/α-hetero) is 1. The van der Waals surface area contributed by atoms with Crippen LogP contribution < -0.4 is 5.32 Å². The molecule has 0 radical (unpaired) electrons. The van der Waals surface area contributed by atoms with Gasteiger partial charge in [0, 0.05) is 13.9 Å². The summed E-state index contributed by atoms with van der Waals surface area (Å²) in [6.07, 6.45) is 1.30. The van der Waals surface area contributed by atoms with Crippen LogP contribution >= 0.6 is 0 Å². The molecule has 0 aliphatic carbocycles. The Kier molecular flexibility index (Phi) is 13.4. The lowest BCUT2D eigenvalue weighted by molar-refractivity contribution is -0.0149. The van der Waals surface area contributed by atoms with Crippen molar-refractivity contribution in [1.82, 2.24) is 10.2 Å². The van der Waals surface area contributed by atoms with Crippen molar-refractivity contribution in [3.05, 3.63) is 17.8 Å². The fraction of sp³-hybridized carbons (Fsp3) is 0.750. The Hall–Kier alpha value is -1.61. The predicted molar refractivity (Wildman–Crippen MR) is 110 cm³/mol. The molecule has 0 aromatic carbocycles. The van der Waals surface area contributed by atoms with Crippen molar-refractivity contribution in [1.29, 1.82) is 0 Å². The minimum Gasteiger partial charge on any atom is -0.377 e. The molecular formula is C20H37N3O5. The largest absolute Gasteiger partial charge is 0.377 e. The van der Waals surface area contributed by atoms with Crippen LogP contribution in [0.4, 0.5) is 5.82 Å². The van der Waals surface area contributed by atoms with Gasteiger partial charge in [-0.1, -0.05) is 20.8 Å².